The molecule has 0 unspecified atom stereocenters. The predicted octanol–water partition coefficient (Wildman–Crippen LogP) is -0.163. The number of hydrogen-bond donors (Lipinski definition) is 2. The van der Waals surface area contributed by atoms with Crippen LogP contribution in [-0.4, -0.2) is 14.8 Å². The molecule has 0 spiro atoms. The third-order valence-electron chi connectivity index (χ3n) is 4.15. The van der Waals surface area contributed by atoms with Crippen LogP contribution in [0.15, 0.2) is 42.5 Å². The summed E-state index contributed by atoms with van der Waals surface area (Å²) >= 11 is 0. The second-order valence-corrected chi connectivity index (χ2v) is 5.31. The van der Waals surface area contributed by atoms with E-state index in [1.54, 1.807) is 12.1 Å². The molecule has 0 atom stereocenters. The Labute approximate surface area is 153 Å². The molecule has 3 rings (SSSR count). The van der Waals surface area contributed by atoms with Crippen molar-refractivity contribution in [1.29, 1.82) is 0 Å². The lowest BCUT2D eigenvalue weighted by Gasteiger charge is -2.02. The molecule has 2 N–H and O–H groups in total. The minimum absolute atomic E-state index is 0. The summed E-state index contributed by atoms with van der Waals surface area (Å²) in [6.45, 7) is 5.86. The van der Waals surface area contributed by atoms with Gasteiger partial charge in [0.25, 0.3) is 5.82 Å². The van der Waals surface area contributed by atoms with E-state index in [-0.39, 0.29) is 36.3 Å². The quantitative estimate of drug-likeness (QED) is 0.452. The van der Waals surface area contributed by atoms with E-state index in [2.05, 4.69) is 41.2 Å². The fourth-order valence-corrected chi connectivity index (χ4v) is 3.10. The number of aliphatic hydroxyl groups is 1. The van der Waals surface area contributed by atoms with Gasteiger partial charge < -0.3 is 34.2 Å². The van der Waals surface area contributed by atoms with Gasteiger partial charge in [-0.25, -0.2) is 9.13 Å². The lowest BCUT2D eigenvalue weighted by atomic mass is 10.0. The molecule has 0 fully saturated rings. The van der Waals surface area contributed by atoms with Gasteiger partial charge in [0.1, 0.15) is 12.4 Å². The van der Waals surface area contributed by atoms with E-state index < -0.39 is 0 Å². The Morgan fingerprint density at radius 3 is 2.22 bits per heavy atom. The van der Waals surface area contributed by atoms with Gasteiger partial charge in [0, 0.05) is 0 Å². The third kappa shape index (κ3) is 3.07. The van der Waals surface area contributed by atoms with Crippen LogP contribution in [0.4, 0.5) is 0 Å². The molecule has 0 saturated carbocycles. The molecule has 1 aromatic heterocycles. The van der Waals surface area contributed by atoms with Crippen LogP contribution in [0, 0.1) is 0 Å². The third-order valence-corrected chi connectivity index (χ3v) is 4.15. The Kier molecular flexibility index (Phi) is 5.64. The molecule has 122 valence electrons. The van der Waals surface area contributed by atoms with Gasteiger partial charge in [-0.2, -0.15) is 0 Å². The number of rotatable bonds is 4. The molecule has 0 amide bonds. The number of nitrogens with zero attached hydrogens (tertiary/aromatic N) is 2. The fourth-order valence-electron chi connectivity index (χ4n) is 3.10. The Hall–Kier alpha value is -1.60. The maximum Gasteiger partial charge on any atom is 0.283 e. The SMILES string of the molecule is CCn1c(CO)[n+](CC)c2ccc(-c3ccc(O)cc3)cc21.[I-]. The molecule has 1 heterocycles. The van der Waals surface area contributed by atoms with E-state index >= 15 is 0 Å². The smallest absolute Gasteiger partial charge is 0.283 e. The number of phenols is 1. The highest BCUT2D eigenvalue weighted by molar-refractivity contribution is 5.80. The fraction of sp³-hybridized carbons (Fsp3) is 0.278. The normalized spacial score (nSPS) is 10.7. The first-order valence-corrected chi connectivity index (χ1v) is 7.64. The molecule has 0 aliphatic rings. The number of aromatic nitrogens is 2. The first-order chi connectivity index (χ1) is 10.7. The zero-order valence-corrected chi connectivity index (χ0v) is 15.5. The summed E-state index contributed by atoms with van der Waals surface area (Å²) in [5.41, 5.74) is 4.43. The van der Waals surface area contributed by atoms with E-state index in [1.165, 1.54) is 0 Å². The molecule has 0 saturated heterocycles. The van der Waals surface area contributed by atoms with Gasteiger partial charge in [0.05, 0.1) is 13.1 Å². The maximum atomic E-state index is 9.71. The average Bonchev–Trinajstić information content (AvgIpc) is 2.87. The summed E-state index contributed by atoms with van der Waals surface area (Å²) in [5, 5.41) is 19.1. The van der Waals surface area contributed by atoms with Crippen molar-refractivity contribution in [3.63, 3.8) is 0 Å². The van der Waals surface area contributed by atoms with Crippen LogP contribution >= 0.6 is 0 Å². The number of halogens is 1. The van der Waals surface area contributed by atoms with Crippen LogP contribution in [0.3, 0.4) is 0 Å². The van der Waals surface area contributed by atoms with Crippen molar-refractivity contribution in [2.24, 2.45) is 0 Å². The molecule has 2 aromatic carbocycles. The van der Waals surface area contributed by atoms with Gasteiger partial charge in [-0.1, -0.05) is 12.1 Å². The number of aliphatic hydroxyl groups excluding tert-OH is 1. The van der Waals surface area contributed by atoms with Crippen molar-refractivity contribution in [3.05, 3.63) is 48.3 Å². The van der Waals surface area contributed by atoms with Gasteiger partial charge in [0.2, 0.25) is 0 Å². The van der Waals surface area contributed by atoms with Crippen LogP contribution in [0.25, 0.3) is 22.2 Å². The predicted molar refractivity (Wildman–Crippen MR) is 86.5 cm³/mol. The van der Waals surface area contributed by atoms with Crippen LogP contribution < -0.4 is 28.5 Å². The minimum atomic E-state index is 0. The van der Waals surface area contributed by atoms with Crippen molar-refractivity contribution in [3.8, 4) is 16.9 Å². The monoisotopic (exact) mass is 424 g/mol. The lowest BCUT2D eigenvalue weighted by Crippen LogP contribution is -3.00. The number of benzene rings is 2. The zero-order valence-electron chi connectivity index (χ0n) is 13.3. The highest BCUT2D eigenvalue weighted by Gasteiger charge is 2.22. The van der Waals surface area contributed by atoms with Gasteiger partial charge in [-0.15, -0.1) is 0 Å². The van der Waals surface area contributed by atoms with Crippen molar-refractivity contribution in [1.82, 2.24) is 4.57 Å². The second-order valence-electron chi connectivity index (χ2n) is 5.31. The van der Waals surface area contributed by atoms with Crippen LogP contribution in [-0.2, 0) is 19.7 Å². The summed E-state index contributed by atoms with van der Waals surface area (Å²) in [4.78, 5) is 0. The molecule has 0 aliphatic heterocycles. The number of fused-ring (bicyclic) bond motifs is 1. The van der Waals surface area contributed by atoms with Crippen LogP contribution in [0.1, 0.15) is 19.7 Å². The largest absolute Gasteiger partial charge is 1.00 e. The van der Waals surface area contributed by atoms with Gasteiger partial charge >= 0.3 is 0 Å². The number of imidazole rings is 1. The molecule has 3 aromatic rings. The second kappa shape index (κ2) is 7.31. The number of aromatic hydroxyl groups is 1. The number of phenolic OH excluding ortho intramolecular Hbond substituents is 1. The molecular formula is C18H21IN2O2. The summed E-state index contributed by atoms with van der Waals surface area (Å²) in [7, 11) is 0. The summed E-state index contributed by atoms with van der Waals surface area (Å²) in [6, 6.07) is 13.6. The van der Waals surface area contributed by atoms with Crippen molar-refractivity contribution < 1.29 is 38.8 Å². The van der Waals surface area contributed by atoms with Crippen molar-refractivity contribution in [2.75, 3.05) is 0 Å². The van der Waals surface area contributed by atoms with Crippen LogP contribution in [0.5, 0.6) is 5.75 Å². The summed E-state index contributed by atoms with van der Waals surface area (Å²) < 4.78 is 4.31. The first-order valence-electron chi connectivity index (χ1n) is 7.64. The number of aryl methyl sites for hydroxylation is 2. The van der Waals surface area contributed by atoms with E-state index in [9.17, 15) is 10.2 Å². The summed E-state index contributed by atoms with van der Waals surface area (Å²) in [5.74, 6) is 1.20. The Balaban J connectivity index is 0.00000192. The molecule has 4 nitrogen and oxygen atoms in total. The van der Waals surface area contributed by atoms with Gasteiger partial charge in [-0.3, -0.25) is 0 Å². The zero-order chi connectivity index (χ0) is 15.7. The highest BCUT2D eigenvalue weighted by atomic mass is 127. The van der Waals surface area contributed by atoms with Gasteiger partial charge in [0.15, 0.2) is 11.0 Å². The standard InChI is InChI=1S/C18H20N2O2.HI/c1-3-19-16-10-7-14(13-5-8-15(22)9-6-13)11-17(16)20(4-2)18(19)12-21;/h5-11,21H,3-4,12H2,1-2H3;1H. The number of hydrogen-bond acceptors (Lipinski definition) is 2. The first kappa shape index (κ1) is 17.7. The maximum absolute atomic E-state index is 9.71. The molecular weight excluding hydrogens is 403 g/mol. The molecule has 23 heavy (non-hydrogen) atoms. The summed E-state index contributed by atoms with van der Waals surface area (Å²) in [6.07, 6.45) is 0. The Morgan fingerprint density at radius 2 is 1.65 bits per heavy atom. The molecule has 0 bridgehead atoms. The lowest BCUT2D eigenvalue weighted by molar-refractivity contribution is -0.678. The van der Waals surface area contributed by atoms with Crippen LogP contribution in [0.2, 0.25) is 0 Å². The Bertz CT molecular complexity index is 810. The van der Waals surface area contributed by atoms with Gasteiger partial charge in [-0.05, 0) is 55.3 Å². The average molecular weight is 424 g/mol. The van der Waals surface area contributed by atoms with E-state index in [1.807, 2.05) is 12.1 Å². The molecule has 0 radical (unpaired) electrons. The molecule has 0 aliphatic carbocycles. The highest BCUT2D eigenvalue weighted by Crippen LogP contribution is 2.26. The topological polar surface area (TPSA) is 49.3 Å². The van der Waals surface area contributed by atoms with Crippen molar-refractivity contribution >= 4 is 11.0 Å². The minimum Gasteiger partial charge on any atom is -1.00 e. The van der Waals surface area contributed by atoms with E-state index in [0.717, 1.165) is 41.1 Å². The van der Waals surface area contributed by atoms with E-state index in [0.29, 0.717) is 0 Å². The Morgan fingerprint density at radius 1 is 1.00 bits per heavy atom. The van der Waals surface area contributed by atoms with Crippen molar-refractivity contribution in [2.45, 2.75) is 33.5 Å². The molecule has 5 heteroatoms. The van der Waals surface area contributed by atoms with E-state index in [4.69, 9.17) is 0 Å².